The van der Waals surface area contributed by atoms with Gasteiger partial charge in [0.1, 0.15) is 17.6 Å². The number of carbonyl (C=O) groups is 1. The van der Waals surface area contributed by atoms with E-state index in [0.29, 0.717) is 31.9 Å². The summed E-state index contributed by atoms with van der Waals surface area (Å²) >= 11 is 0. The van der Waals surface area contributed by atoms with E-state index in [1.165, 1.54) is 19.2 Å². The van der Waals surface area contributed by atoms with Gasteiger partial charge in [-0.2, -0.15) is 0 Å². The molecule has 2 rings (SSSR count). The van der Waals surface area contributed by atoms with E-state index >= 15 is 0 Å². The molecule has 110 valence electrons. The molecule has 1 atom stereocenters. The van der Waals surface area contributed by atoms with Gasteiger partial charge in [0.05, 0.1) is 12.8 Å². The van der Waals surface area contributed by atoms with Crippen LogP contribution in [0.15, 0.2) is 18.2 Å². The summed E-state index contributed by atoms with van der Waals surface area (Å²) in [6.07, 6.45) is 0. The first kappa shape index (κ1) is 14.6. The summed E-state index contributed by atoms with van der Waals surface area (Å²) in [4.78, 5) is 15.0. The molecular weight excluding hydrogens is 263 g/mol. The number of carboxylic acid groups (broad SMARTS) is 1. The number of halogens is 1. The van der Waals surface area contributed by atoms with Gasteiger partial charge in [0.15, 0.2) is 0 Å². The SMILES string of the molecule is COc1cc(F)ccc1N1CCN([C@@H](C)C(=O)O)CC1. The Morgan fingerprint density at radius 2 is 2.00 bits per heavy atom. The lowest BCUT2D eigenvalue weighted by molar-refractivity contribution is -0.142. The maximum Gasteiger partial charge on any atom is 0.320 e. The Labute approximate surface area is 117 Å². The Balaban J connectivity index is 2.05. The molecule has 0 unspecified atom stereocenters. The lowest BCUT2D eigenvalue weighted by Gasteiger charge is -2.38. The van der Waals surface area contributed by atoms with Crippen molar-refractivity contribution in [3.8, 4) is 5.75 Å². The second-order valence-corrected chi connectivity index (χ2v) is 4.85. The highest BCUT2D eigenvalue weighted by atomic mass is 19.1. The smallest absolute Gasteiger partial charge is 0.320 e. The molecule has 1 fully saturated rings. The molecule has 1 aromatic rings. The number of carboxylic acids is 1. The van der Waals surface area contributed by atoms with E-state index in [2.05, 4.69) is 4.90 Å². The minimum Gasteiger partial charge on any atom is -0.494 e. The van der Waals surface area contributed by atoms with Gasteiger partial charge in [0, 0.05) is 32.2 Å². The highest BCUT2D eigenvalue weighted by molar-refractivity contribution is 5.73. The monoisotopic (exact) mass is 282 g/mol. The van der Waals surface area contributed by atoms with Crippen LogP contribution in [0.2, 0.25) is 0 Å². The molecule has 0 saturated carbocycles. The van der Waals surface area contributed by atoms with Gasteiger partial charge in [-0.3, -0.25) is 9.69 Å². The van der Waals surface area contributed by atoms with Gasteiger partial charge >= 0.3 is 5.97 Å². The largest absolute Gasteiger partial charge is 0.494 e. The van der Waals surface area contributed by atoms with Gasteiger partial charge in [-0.25, -0.2) is 4.39 Å². The number of benzene rings is 1. The van der Waals surface area contributed by atoms with Crippen molar-refractivity contribution < 1.29 is 19.0 Å². The third-order valence-corrected chi connectivity index (χ3v) is 3.70. The van der Waals surface area contributed by atoms with Crippen molar-refractivity contribution in [1.29, 1.82) is 0 Å². The normalized spacial score (nSPS) is 17.9. The number of methoxy groups -OCH3 is 1. The fourth-order valence-electron chi connectivity index (χ4n) is 2.42. The van der Waals surface area contributed by atoms with E-state index in [-0.39, 0.29) is 5.82 Å². The number of piperazine rings is 1. The van der Waals surface area contributed by atoms with Crippen molar-refractivity contribution in [2.75, 3.05) is 38.2 Å². The summed E-state index contributed by atoms with van der Waals surface area (Å²) < 4.78 is 18.4. The van der Waals surface area contributed by atoms with E-state index < -0.39 is 12.0 Å². The fourth-order valence-corrected chi connectivity index (χ4v) is 2.42. The topological polar surface area (TPSA) is 53.0 Å². The fraction of sp³-hybridized carbons (Fsp3) is 0.500. The van der Waals surface area contributed by atoms with E-state index in [0.717, 1.165) is 5.69 Å². The van der Waals surface area contributed by atoms with Crippen LogP contribution in [0.5, 0.6) is 5.75 Å². The zero-order valence-corrected chi connectivity index (χ0v) is 11.7. The van der Waals surface area contributed by atoms with Crippen molar-refractivity contribution >= 4 is 11.7 Å². The summed E-state index contributed by atoms with van der Waals surface area (Å²) in [7, 11) is 1.51. The summed E-state index contributed by atoms with van der Waals surface area (Å²) in [5.41, 5.74) is 0.844. The number of hydrogen-bond acceptors (Lipinski definition) is 4. The number of nitrogens with zero attached hydrogens (tertiary/aromatic N) is 2. The predicted octanol–water partition coefficient (Wildman–Crippen LogP) is 1.43. The molecule has 0 aliphatic carbocycles. The molecule has 1 aliphatic rings. The van der Waals surface area contributed by atoms with Crippen LogP contribution in [0.4, 0.5) is 10.1 Å². The van der Waals surface area contributed by atoms with Gasteiger partial charge in [-0.15, -0.1) is 0 Å². The average molecular weight is 282 g/mol. The Hall–Kier alpha value is -1.82. The van der Waals surface area contributed by atoms with Crippen LogP contribution >= 0.6 is 0 Å². The molecular formula is C14H19FN2O3. The first-order chi connectivity index (χ1) is 9.52. The quantitative estimate of drug-likeness (QED) is 0.905. The number of aliphatic carboxylic acids is 1. The van der Waals surface area contributed by atoms with Crippen LogP contribution in [0.25, 0.3) is 0 Å². The van der Waals surface area contributed by atoms with Gasteiger partial charge in [0.2, 0.25) is 0 Å². The maximum atomic E-state index is 13.2. The summed E-state index contributed by atoms with van der Waals surface area (Å²) in [5.74, 6) is -0.633. The molecule has 1 heterocycles. The van der Waals surface area contributed by atoms with Gasteiger partial charge in [0.25, 0.3) is 0 Å². The number of ether oxygens (including phenoxy) is 1. The highest BCUT2D eigenvalue weighted by Gasteiger charge is 2.26. The van der Waals surface area contributed by atoms with Crippen LogP contribution in [-0.4, -0.2) is 55.3 Å². The molecule has 0 spiro atoms. The molecule has 5 nitrogen and oxygen atoms in total. The zero-order valence-electron chi connectivity index (χ0n) is 11.7. The lowest BCUT2D eigenvalue weighted by atomic mass is 10.2. The number of hydrogen-bond donors (Lipinski definition) is 1. The average Bonchev–Trinajstić information content (AvgIpc) is 2.46. The van der Waals surface area contributed by atoms with Crippen LogP contribution < -0.4 is 9.64 Å². The van der Waals surface area contributed by atoms with Crippen LogP contribution in [0.1, 0.15) is 6.92 Å². The Morgan fingerprint density at radius 3 is 2.55 bits per heavy atom. The zero-order chi connectivity index (χ0) is 14.7. The van der Waals surface area contributed by atoms with Gasteiger partial charge in [-0.05, 0) is 19.1 Å². The van der Waals surface area contributed by atoms with Crippen LogP contribution in [-0.2, 0) is 4.79 Å². The first-order valence-electron chi connectivity index (χ1n) is 6.58. The van der Waals surface area contributed by atoms with Crippen molar-refractivity contribution in [3.05, 3.63) is 24.0 Å². The van der Waals surface area contributed by atoms with E-state index in [9.17, 15) is 9.18 Å². The lowest BCUT2D eigenvalue weighted by Crippen LogP contribution is -2.51. The van der Waals surface area contributed by atoms with Gasteiger partial charge in [-0.1, -0.05) is 0 Å². The second-order valence-electron chi connectivity index (χ2n) is 4.85. The van der Waals surface area contributed by atoms with Crippen molar-refractivity contribution in [1.82, 2.24) is 4.90 Å². The molecule has 1 N–H and O–H groups in total. The summed E-state index contributed by atoms with van der Waals surface area (Å²) in [6.45, 7) is 4.40. The second kappa shape index (κ2) is 6.09. The Bertz CT molecular complexity index is 487. The third kappa shape index (κ3) is 3.01. The Kier molecular flexibility index (Phi) is 4.44. The summed E-state index contributed by atoms with van der Waals surface area (Å²) in [6, 6.07) is 3.99. The molecule has 0 bridgehead atoms. The molecule has 1 aliphatic heterocycles. The Morgan fingerprint density at radius 1 is 1.35 bits per heavy atom. The van der Waals surface area contributed by atoms with Crippen molar-refractivity contribution in [3.63, 3.8) is 0 Å². The molecule has 1 aromatic carbocycles. The van der Waals surface area contributed by atoms with E-state index in [4.69, 9.17) is 9.84 Å². The highest BCUT2D eigenvalue weighted by Crippen LogP contribution is 2.29. The predicted molar refractivity (Wildman–Crippen MR) is 73.8 cm³/mol. The van der Waals surface area contributed by atoms with Crippen LogP contribution in [0.3, 0.4) is 0 Å². The third-order valence-electron chi connectivity index (χ3n) is 3.70. The minimum atomic E-state index is -0.808. The van der Waals surface area contributed by atoms with Crippen molar-refractivity contribution in [2.24, 2.45) is 0 Å². The molecule has 20 heavy (non-hydrogen) atoms. The van der Waals surface area contributed by atoms with Crippen molar-refractivity contribution in [2.45, 2.75) is 13.0 Å². The number of rotatable bonds is 4. The minimum absolute atomic E-state index is 0.330. The number of anilines is 1. The molecule has 1 saturated heterocycles. The van der Waals surface area contributed by atoms with E-state index in [1.54, 1.807) is 13.0 Å². The maximum absolute atomic E-state index is 13.2. The molecule has 0 radical (unpaired) electrons. The van der Waals surface area contributed by atoms with Crippen LogP contribution in [0, 0.1) is 5.82 Å². The van der Waals surface area contributed by atoms with E-state index in [1.807, 2.05) is 4.90 Å². The molecule has 6 heteroatoms. The summed E-state index contributed by atoms with van der Waals surface area (Å²) in [5, 5.41) is 9.01. The first-order valence-corrected chi connectivity index (χ1v) is 6.58. The molecule has 0 aromatic heterocycles. The van der Waals surface area contributed by atoms with Gasteiger partial charge < -0.3 is 14.7 Å². The molecule has 0 amide bonds. The standard InChI is InChI=1S/C14H19FN2O3/c1-10(14(18)19)16-5-7-17(8-6-16)12-4-3-11(15)9-13(12)20-2/h3-4,9-10H,5-8H2,1-2H3,(H,18,19)/t10-/m0/s1.